The summed E-state index contributed by atoms with van der Waals surface area (Å²) in [5.74, 6) is -0.433. The Morgan fingerprint density at radius 2 is 2.06 bits per heavy atom. The van der Waals surface area contributed by atoms with Crippen LogP contribution in [0.5, 0.6) is 0 Å². The van der Waals surface area contributed by atoms with Crippen LogP contribution in [-0.4, -0.2) is 69.7 Å². The molecule has 1 aliphatic rings. The first-order valence-electron chi connectivity index (χ1n) is 10.0. The smallest absolute Gasteiger partial charge is 0.257 e. The number of pyridine rings is 1. The normalized spacial score (nSPS) is 14.7. The van der Waals surface area contributed by atoms with Gasteiger partial charge in [0.2, 0.25) is 0 Å². The number of halogens is 1. The van der Waals surface area contributed by atoms with Gasteiger partial charge in [0.05, 0.1) is 24.6 Å². The lowest BCUT2D eigenvalue weighted by Gasteiger charge is -2.36. The molecule has 1 atom stereocenters. The average molecular weight is 456 g/mol. The van der Waals surface area contributed by atoms with E-state index in [2.05, 4.69) is 25.7 Å². The second-order valence-corrected chi connectivity index (χ2v) is 7.57. The van der Waals surface area contributed by atoms with Gasteiger partial charge in [-0.05, 0) is 42.0 Å². The number of H-pyrrole nitrogens is 1. The number of aromatic amines is 1. The van der Waals surface area contributed by atoms with Crippen LogP contribution in [0.25, 0.3) is 0 Å². The summed E-state index contributed by atoms with van der Waals surface area (Å²) in [7, 11) is 1.46. The number of ether oxygens (including phenoxy) is 1. The minimum absolute atomic E-state index is 0.0655. The number of hydrogen-bond donors (Lipinski definition) is 2. The van der Waals surface area contributed by atoms with Crippen LogP contribution in [-0.2, 0) is 4.74 Å². The molecule has 2 N–H and O–H groups in total. The second kappa shape index (κ2) is 9.69. The van der Waals surface area contributed by atoms with Gasteiger partial charge in [0.1, 0.15) is 17.6 Å². The zero-order valence-corrected chi connectivity index (χ0v) is 18.2. The summed E-state index contributed by atoms with van der Waals surface area (Å²) in [4.78, 5) is 20.3. The van der Waals surface area contributed by atoms with E-state index in [4.69, 9.17) is 17.0 Å². The maximum absolute atomic E-state index is 15.1. The molecule has 1 aliphatic heterocycles. The molecule has 1 fully saturated rings. The number of amides is 1. The molecular weight excluding hydrogens is 433 g/mol. The fraction of sp³-hybridized carbons (Fsp3) is 0.286. The van der Waals surface area contributed by atoms with E-state index in [1.807, 2.05) is 11.0 Å². The third-order valence-corrected chi connectivity index (χ3v) is 5.58. The Hall–Kier alpha value is -3.60. The molecule has 11 heteroatoms. The Kier molecular flexibility index (Phi) is 6.55. The molecule has 32 heavy (non-hydrogen) atoms. The van der Waals surface area contributed by atoms with Crippen LogP contribution in [0.4, 0.5) is 10.1 Å². The SMILES string of the molecule is COC(=S)NC(c1ccc(N2CCN(C(=O)c3cccnc3)CC2)c(F)c1)c1cn[nH]n1. The molecule has 0 saturated carbocycles. The number of thiocarbonyl (C=S) groups is 1. The van der Waals surface area contributed by atoms with Gasteiger partial charge in [-0.2, -0.15) is 15.4 Å². The highest BCUT2D eigenvalue weighted by Gasteiger charge is 2.25. The first-order valence-corrected chi connectivity index (χ1v) is 10.4. The van der Waals surface area contributed by atoms with E-state index < -0.39 is 6.04 Å². The number of piperazine rings is 1. The molecule has 1 unspecified atom stereocenters. The van der Waals surface area contributed by atoms with Crippen molar-refractivity contribution in [3.63, 3.8) is 0 Å². The first-order chi connectivity index (χ1) is 15.6. The number of carbonyl (C=O) groups is 1. The van der Waals surface area contributed by atoms with E-state index in [0.717, 1.165) is 0 Å². The second-order valence-electron chi connectivity index (χ2n) is 7.20. The highest BCUT2D eigenvalue weighted by molar-refractivity contribution is 7.80. The highest BCUT2D eigenvalue weighted by Crippen LogP contribution is 2.27. The maximum atomic E-state index is 15.1. The summed E-state index contributed by atoms with van der Waals surface area (Å²) < 4.78 is 20.1. The molecule has 0 spiro atoms. The monoisotopic (exact) mass is 455 g/mol. The number of carbonyl (C=O) groups excluding carboxylic acids is 1. The molecule has 2 aromatic heterocycles. The molecule has 3 heterocycles. The maximum Gasteiger partial charge on any atom is 0.257 e. The van der Waals surface area contributed by atoms with E-state index in [-0.39, 0.29) is 16.9 Å². The molecule has 0 radical (unpaired) electrons. The number of rotatable bonds is 5. The van der Waals surface area contributed by atoms with Gasteiger partial charge in [0.25, 0.3) is 11.1 Å². The summed E-state index contributed by atoms with van der Waals surface area (Å²) >= 11 is 5.10. The molecule has 0 bridgehead atoms. The van der Waals surface area contributed by atoms with Crippen molar-refractivity contribution in [2.75, 3.05) is 38.2 Å². The average Bonchev–Trinajstić information content (AvgIpc) is 3.37. The zero-order chi connectivity index (χ0) is 22.5. The zero-order valence-electron chi connectivity index (χ0n) is 17.4. The van der Waals surface area contributed by atoms with Crippen LogP contribution in [0.1, 0.15) is 27.7 Å². The first kappa shape index (κ1) is 21.6. The number of methoxy groups -OCH3 is 1. The van der Waals surface area contributed by atoms with Crippen molar-refractivity contribution in [3.8, 4) is 0 Å². The predicted octanol–water partition coefficient (Wildman–Crippen LogP) is 1.91. The van der Waals surface area contributed by atoms with E-state index >= 15 is 4.39 Å². The van der Waals surface area contributed by atoms with Crippen molar-refractivity contribution in [1.82, 2.24) is 30.6 Å². The third kappa shape index (κ3) is 4.67. The van der Waals surface area contributed by atoms with Crippen molar-refractivity contribution in [1.29, 1.82) is 0 Å². The lowest BCUT2D eigenvalue weighted by atomic mass is 10.0. The molecule has 0 aliphatic carbocycles. The summed E-state index contributed by atoms with van der Waals surface area (Å²) in [5.41, 5.74) is 2.22. The van der Waals surface area contributed by atoms with Gasteiger partial charge < -0.3 is 19.9 Å². The highest BCUT2D eigenvalue weighted by atomic mass is 32.1. The van der Waals surface area contributed by atoms with Crippen molar-refractivity contribution in [2.24, 2.45) is 0 Å². The number of benzene rings is 1. The summed E-state index contributed by atoms with van der Waals surface area (Å²) in [5, 5.41) is 13.6. The van der Waals surface area contributed by atoms with E-state index in [0.29, 0.717) is 48.7 Å². The van der Waals surface area contributed by atoms with Crippen LogP contribution in [0.3, 0.4) is 0 Å². The Balaban J connectivity index is 1.46. The standard InChI is InChI=1S/C21H22FN7O2S/c1-31-21(32)25-19(17-13-24-27-26-17)14-4-5-18(16(22)11-14)28-7-9-29(10-8-28)20(30)15-3-2-6-23-12-15/h2-6,11-13,19H,7-10H2,1H3,(H,25,32)(H,24,26,27). The number of aromatic nitrogens is 4. The molecule has 1 amide bonds. The molecule has 1 aromatic carbocycles. The van der Waals surface area contributed by atoms with E-state index in [9.17, 15) is 4.79 Å². The van der Waals surface area contributed by atoms with Crippen molar-refractivity contribution < 1.29 is 13.9 Å². The Bertz CT molecular complexity index is 1070. The Morgan fingerprint density at radius 1 is 1.25 bits per heavy atom. The van der Waals surface area contributed by atoms with Crippen molar-refractivity contribution >= 4 is 29.0 Å². The molecule has 4 rings (SSSR count). The number of nitrogens with one attached hydrogen (secondary N) is 2. The topological polar surface area (TPSA) is 99.3 Å². The van der Waals surface area contributed by atoms with Gasteiger partial charge in [0.15, 0.2) is 0 Å². The van der Waals surface area contributed by atoms with Gasteiger partial charge in [-0.3, -0.25) is 9.78 Å². The largest absolute Gasteiger partial charge is 0.474 e. The molecule has 166 valence electrons. The molecular formula is C21H22FN7O2S. The lowest BCUT2D eigenvalue weighted by molar-refractivity contribution is 0.0746. The van der Waals surface area contributed by atoms with Crippen molar-refractivity contribution in [2.45, 2.75) is 6.04 Å². The van der Waals surface area contributed by atoms with E-state index in [1.54, 1.807) is 41.7 Å². The van der Waals surface area contributed by atoms with Gasteiger partial charge in [0, 0.05) is 38.6 Å². The quantitative estimate of drug-likeness (QED) is 0.563. The molecule has 3 aromatic rings. The minimum atomic E-state index is -0.515. The molecule has 1 saturated heterocycles. The fourth-order valence-corrected chi connectivity index (χ4v) is 3.75. The number of anilines is 1. The lowest BCUT2D eigenvalue weighted by Crippen LogP contribution is -2.49. The summed E-state index contributed by atoms with van der Waals surface area (Å²) in [6, 6.07) is 7.96. The number of hydrogen-bond acceptors (Lipinski definition) is 7. The van der Waals surface area contributed by atoms with Crippen LogP contribution in [0.15, 0.2) is 48.9 Å². The predicted molar refractivity (Wildman–Crippen MR) is 120 cm³/mol. The van der Waals surface area contributed by atoms with Gasteiger partial charge in [-0.15, -0.1) is 0 Å². The van der Waals surface area contributed by atoms with Crippen LogP contribution >= 0.6 is 12.2 Å². The van der Waals surface area contributed by atoms with Gasteiger partial charge in [-0.1, -0.05) is 6.07 Å². The van der Waals surface area contributed by atoms with Gasteiger partial charge >= 0.3 is 0 Å². The van der Waals surface area contributed by atoms with Crippen LogP contribution in [0, 0.1) is 5.82 Å². The van der Waals surface area contributed by atoms with Gasteiger partial charge in [-0.25, -0.2) is 4.39 Å². The third-order valence-electron chi connectivity index (χ3n) is 5.30. The fourth-order valence-electron chi connectivity index (χ4n) is 3.64. The summed E-state index contributed by atoms with van der Waals surface area (Å²) in [6.45, 7) is 2.06. The van der Waals surface area contributed by atoms with E-state index in [1.165, 1.54) is 13.2 Å². The van der Waals surface area contributed by atoms with Crippen LogP contribution < -0.4 is 10.2 Å². The Labute approximate surface area is 189 Å². The minimum Gasteiger partial charge on any atom is -0.474 e. The molecule has 9 nitrogen and oxygen atoms in total. The Morgan fingerprint density at radius 3 is 2.69 bits per heavy atom. The van der Waals surface area contributed by atoms with Crippen LogP contribution in [0.2, 0.25) is 0 Å². The van der Waals surface area contributed by atoms with Crippen molar-refractivity contribution in [3.05, 3.63) is 71.6 Å². The summed E-state index contributed by atoms with van der Waals surface area (Å²) in [6.07, 6.45) is 4.73. The number of nitrogens with zero attached hydrogens (tertiary/aromatic N) is 5.